The number of nitrogens with zero attached hydrogens (tertiary/aromatic N) is 4. The third-order valence-corrected chi connectivity index (χ3v) is 6.32. The van der Waals surface area contributed by atoms with Gasteiger partial charge in [0.05, 0.1) is 24.3 Å². The number of benzene rings is 1. The molecule has 2 fully saturated rings. The number of likely N-dealkylation sites (N-methyl/N-ethyl adjacent to an activating group) is 1. The maximum absolute atomic E-state index is 12.8. The van der Waals surface area contributed by atoms with Crippen LogP contribution in [-0.4, -0.2) is 65.4 Å². The van der Waals surface area contributed by atoms with Crippen LogP contribution in [0.4, 0.5) is 0 Å². The minimum atomic E-state index is -0.234. The van der Waals surface area contributed by atoms with Gasteiger partial charge in [0.25, 0.3) is 0 Å². The first kappa shape index (κ1) is 19.2. The molecule has 1 spiro atoms. The molecular weight excluding hydrogens is 352 g/mol. The molecule has 1 atom stereocenters. The Hall–Kier alpha value is -2.18. The Morgan fingerprint density at radius 1 is 1.14 bits per heavy atom. The third kappa shape index (κ3) is 3.98. The molecule has 0 N–H and O–H groups in total. The molecule has 1 amide bonds. The van der Waals surface area contributed by atoms with Crippen molar-refractivity contribution in [3.05, 3.63) is 53.9 Å². The molecule has 6 heteroatoms. The second kappa shape index (κ2) is 8.05. The summed E-state index contributed by atoms with van der Waals surface area (Å²) in [6.07, 6.45) is 6.94. The van der Waals surface area contributed by atoms with E-state index >= 15 is 0 Å². The second-order valence-electron chi connectivity index (χ2n) is 8.34. The zero-order valence-corrected chi connectivity index (χ0v) is 16.9. The van der Waals surface area contributed by atoms with Gasteiger partial charge in [0.1, 0.15) is 0 Å². The minimum Gasteiger partial charge on any atom is -0.380 e. The fourth-order valence-corrected chi connectivity index (χ4v) is 4.70. The molecule has 0 aliphatic carbocycles. The van der Waals surface area contributed by atoms with Crippen molar-refractivity contribution in [3.63, 3.8) is 0 Å². The number of piperidine rings is 2. The lowest BCUT2D eigenvalue weighted by Gasteiger charge is -2.47. The molecule has 0 saturated carbocycles. The number of rotatable bonds is 5. The lowest BCUT2D eigenvalue weighted by Crippen LogP contribution is -2.56. The van der Waals surface area contributed by atoms with Crippen molar-refractivity contribution in [2.45, 2.75) is 38.5 Å². The Kier molecular flexibility index (Phi) is 5.51. The Morgan fingerprint density at radius 2 is 1.89 bits per heavy atom. The summed E-state index contributed by atoms with van der Waals surface area (Å²) in [5.41, 5.74) is 2.25. The molecule has 150 valence electrons. The summed E-state index contributed by atoms with van der Waals surface area (Å²) in [5.74, 6) is 0.302. The van der Waals surface area contributed by atoms with Crippen molar-refractivity contribution in [1.82, 2.24) is 19.6 Å². The first-order chi connectivity index (χ1) is 13.6. The molecular formula is C22H30N4O2. The van der Waals surface area contributed by atoms with Crippen LogP contribution in [0.2, 0.25) is 0 Å². The lowest BCUT2D eigenvalue weighted by molar-refractivity contribution is -0.156. The molecule has 2 aromatic rings. The van der Waals surface area contributed by atoms with E-state index in [2.05, 4.69) is 40.5 Å². The monoisotopic (exact) mass is 382 g/mol. The van der Waals surface area contributed by atoms with Gasteiger partial charge in [0.2, 0.25) is 5.91 Å². The normalized spacial score (nSPS) is 22.7. The van der Waals surface area contributed by atoms with E-state index in [0.717, 1.165) is 45.4 Å². The topological polar surface area (TPSA) is 50.6 Å². The van der Waals surface area contributed by atoms with E-state index in [1.165, 1.54) is 11.1 Å². The van der Waals surface area contributed by atoms with E-state index < -0.39 is 0 Å². The summed E-state index contributed by atoms with van der Waals surface area (Å²) in [4.78, 5) is 17.1. The first-order valence-corrected chi connectivity index (χ1v) is 10.1. The van der Waals surface area contributed by atoms with Crippen LogP contribution in [0.15, 0.2) is 42.7 Å². The van der Waals surface area contributed by atoms with Crippen LogP contribution in [0.1, 0.15) is 30.4 Å². The molecule has 28 heavy (non-hydrogen) atoms. The molecule has 1 aromatic carbocycles. The first-order valence-electron chi connectivity index (χ1n) is 10.1. The highest BCUT2D eigenvalue weighted by atomic mass is 16.5. The zero-order chi connectivity index (χ0) is 19.6. The van der Waals surface area contributed by atoms with Gasteiger partial charge >= 0.3 is 0 Å². The van der Waals surface area contributed by atoms with Gasteiger partial charge in [-0.05, 0) is 37.9 Å². The minimum absolute atomic E-state index is 0.158. The van der Waals surface area contributed by atoms with Crippen molar-refractivity contribution in [2.75, 3.05) is 33.8 Å². The van der Waals surface area contributed by atoms with Gasteiger partial charge < -0.3 is 9.64 Å². The highest BCUT2D eigenvalue weighted by Gasteiger charge is 2.47. The summed E-state index contributed by atoms with van der Waals surface area (Å²) in [7, 11) is 3.66. The number of methoxy groups -OCH3 is 1. The largest absolute Gasteiger partial charge is 0.380 e. The molecule has 1 unspecified atom stereocenters. The zero-order valence-electron chi connectivity index (χ0n) is 16.9. The highest BCUT2D eigenvalue weighted by molar-refractivity contribution is 5.83. The number of ether oxygens (including phenoxy) is 1. The molecule has 4 rings (SSSR count). The maximum Gasteiger partial charge on any atom is 0.228 e. The fraction of sp³-hybridized carbons (Fsp3) is 0.545. The van der Waals surface area contributed by atoms with Crippen LogP contribution >= 0.6 is 0 Å². The third-order valence-electron chi connectivity index (χ3n) is 6.32. The predicted molar refractivity (Wildman–Crippen MR) is 108 cm³/mol. The highest BCUT2D eigenvalue weighted by Crippen LogP contribution is 2.41. The summed E-state index contributed by atoms with van der Waals surface area (Å²) in [5, 5.41) is 4.52. The number of carbonyl (C=O) groups excluding carboxylic acids is 1. The fourth-order valence-electron chi connectivity index (χ4n) is 4.70. The number of carbonyl (C=O) groups is 1. The number of likely N-dealkylation sites (tertiary alicyclic amines) is 2. The van der Waals surface area contributed by atoms with Crippen molar-refractivity contribution in [3.8, 4) is 0 Å². The molecule has 2 aliphatic rings. The predicted octanol–water partition coefficient (Wildman–Crippen LogP) is 2.39. The van der Waals surface area contributed by atoms with E-state index in [1.807, 2.05) is 28.9 Å². The number of hydrogen-bond donors (Lipinski definition) is 0. The van der Waals surface area contributed by atoms with Crippen LogP contribution in [0, 0.1) is 5.41 Å². The molecule has 0 radical (unpaired) electrons. The van der Waals surface area contributed by atoms with E-state index in [9.17, 15) is 4.79 Å². The molecule has 2 saturated heterocycles. The van der Waals surface area contributed by atoms with E-state index in [1.54, 1.807) is 7.11 Å². The summed E-state index contributed by atoms with van der Waals surface area (Å²) in [6.45, 7) is 4.28. The van der Waals surface area contributed by atoms with E-state index in [0.29, 0.717) is 12.5 Å². The summed E-state index contributed by atoms with van der Waals surface area (Å²) >= 11 is 0. The van der Waals surface area contributed by atoms with E-state index in [-0.39, 0.29) is 11.5 Å². The van der Waals surface area contributed by atoms with Gasteiger partial charge in [-0.1, -0.05) is 30.3 Å². The molecule has 2 aliphatic heterocycles. The quantitative estimate of drug-likeness (QED) is 0.797. The molecule has 0 bridgehead atoms. The van der Waals surface area contributed by atoms with Gasteiger partial charge in [-0.2, -0.15) is 5.10 Å². The van der Waals surface area contributed by atoms with Gasteiger partial charge in [0, 0.05) is 39.0 Å². The van der Waals surface area contributed by atoms with E-state index in [4.69, 9.17) is 4.74 Å². The Morgan fingerprint density at radius 3 is 2.61 bits per heavy atom. The maximum atomic E-state index is 12.8. The molecule has 6 nitrogen and oxygen atoms in total. The Labute approximate surface area is 167 Å². The van der Waals surface area contributed by atoms with Crippen LogP contribution in [0.5, 0.6) is 0 Å². The second-order valence-corrected chi connectivity index (χ2v) is 8.34. The van der Waals surface area contributed by atoms with Crippen LogP contribution in [0.3, 0.4) is 0 Å². The lowest BCUT2D eigenvalue weighted by atomic mass is 9.71. The molecule has 3 heterocycles. The number of hydrogen-bond acceptors (Lipinski definition) is 4. The van der Waals surface area contributed by atoms with Crippen molar-refractivity contribution in [1.29, 1.82) is 0 Å². The number of aromatic nitrogens is 2. The smallest absolute Gasteiger partial charge is 0.228 e. The Bertz CT molecular complexity index is 796. The van der Waals surface area contributed by atoms with Gasteiger partial charge in [-0.15, -0.1) is 0 Å². The standard InChI is InChI=1S/C22H30N4O2/c1-24-17-20(28-2)12-22(21(24)27)8-10-25(11-9-22)14-19-13-23-26(16-19)15-18-6-4-3-5-7-18/h3-7,13,16,20H,8-12,14-15,17H2,1-2H3. The summed E-state index contributed by atoms with van der Waals surface area (Å²) in [6, 6.07) is 10.4. The van der Waals surface area contributed by atoms with Crippen molar-refractivity contribution >= 4 is 5.91 Å². The summed E-state index contributed by atoms with van der Waals surface area (Å²) < 4.78 is 7.59. The number of amides is 1. The van der Waals surface area contributed by atoms with Crippen LogP contribution in [-0.2, 0) is 22.6 Å². The average Bonchev–Trinajstić information content (AvgIpc) is 3.15. The van der Waals surface area contributed by atoms with Gasteiger partial charge in [0.15, 0.2) is 0 Å². The SMILES string of the molecule is COC1CN(C)C(=O)C2(CCN(Cc3cnn(Cc4ccccc4)c3)CC2)C1. The van der Waals surface area contributed by atoms with Crippen LogP contribution in [0.25, 0.3) is 0 Å². The van der Waals surface area contributed by atoms with Crippen LogP contribution < -0.4 is 0 Å². The van der Waals surface area contributed by atoms with Gasteiger partial charge in [-0.25, -0.2) is 0 Å². The van der Waals surface area contributed by atoms with Gasteiger partial charge in [-0.3, -0.25) is 14.4 Å². The Balaban J connectivity index is 1.34. The van der Waals surface area contributed by atoms with Crippen molar-refractivity contribution < 1.29 is 9.53 Å². The van der Waals surface area contributed by atoms with Crippen molar-refractivity contribution in [2.24, 2.45) is 5.41 Å². The average molecular weight is 383 g/mol. The molecule has 1 aromatic heterocycles.